The summed E-state index contributed by atoms with van der Waals surface area (Å²) in [6.45, 7) is 4.22. The van der Waals surface area contributed by atoms with Crippen LogP contribution in [0.1, 0.15) is 42.4 Å². The molecule has 0 saturated carbocycles. The topological polar surface area (TPSA) is 140 Å². The van der Waals surface area contributed by atoms with Crippen LogP contribution in [0, 0.1) is 28.4 Å². The summed E-state index contributed by atoms with van der Waals surface area (Å²) in [5.74, 6) is -2.67. The van der Waals surface area contributed by atoms with Crippen LogP contribution < -0.4 is 10.6 Å². The van der Waals surface area contributed by atoms with Gasteiger partial charge in [0, 0.05) is 17.5 Å². The third kappa shape index (κ3) is 5.84. The van der Waals surface area contributed by atoms with E-state index in [2.05, 4.69) is 15.7 Å². The molecule has 2 atom stereocenters. The van der Waals surface area contributed by atoms with E-state index in [4.69, 9.17) is 10.4 Å². The van der Waals surface area contributed by atoms with Crippen molar-refractivity contribution in [2.24, 2.45) is 5.41 Å². The lowest BCUT2D eigenvalue weighted by Gasteiger charge is -2.30. The van der Waals surface area contributed by atoms with E-state index >= 15 is 0 Å². The summed E-state index contributed by atoms with van der Waals surface area (Å²) < 4.78 is 30.5. The molecule has 36 heavy (non-hydrogen) atoms. The number of aliphatic hydroxyl groups excluding tert-OH is 2. The number of carbonyl (C=O) groups is 2. The summed E-state index contributed by atoms with van der Waals surface area (Å²) in [4.78, 5) is 26.0. The molecule has 9 nitrogen and oxygen atoms in total. The zero-order chi connectivity index (χ0) is 26.6. The van der Waals surface area contributed by atoms with Crippen molar-refractivity contribution in [3.63, 3.8) is 0 Å². The highest BCUT2D eigenvalue weighted by Gasteiger charge is 2.34. The van der Waals surface area contributed by atoms with Crippen LogP contribution in [0.2, 0.25) is 0 Å². The van der Waals surface area contributed by atoms with Gasteiger partial charge in [-0.15, -0.1) is 0 Å². The summed E-state index contributed by atoms with van der Waals surface area (Å²) in [5.41, 5.74) is -0.654. The smallest absolute Gasteiger partial charge is 0.273 e. The number of hydrogen-bond donors (Lipinski definition) is 4. The summed E-state index contributed by atoms with van der Waals surface area (Å²) in [6, 6.07) is 8.76. The Morgan fingerprint density at radius 1 is 1.19 bits per heavy atom. The second-order valence-corrected chi connectivity index (χ2v) is 9.41. The van der Waals surface area contributed by atoms with Crippen LogP contribution in [0.5, 0.6) is 0 Å². The van der Waals surface area contributed by atoms with Crippen LogP contribution >= 0.6 is 0 Å². The van der Waals surface area contributed by atoms with Crippen molar-refractivity contribution >= 4 is 22.7 Å². The molecule has 0 aliphatic carbocycles. The molecule has 0 spiro atoms. The summed E-state index contributed by atoms with van der Waals surface area (Å²) >= 11 is 0. The number of hydrogen-bond acceptors (Lipinski definition) is 6. The molecule has 0 saturated heterocycles. The van der Waals surface area contributed by atoms with Gasteiger partial charge >= 0.3 is 0 Å². The van der Waals surface area contributed by atoms with Gasteiger partial charge in [-0.25, -0.2) is 8.78 Å². The number of aliphatic hydroxyl groups is 2. The maximum absolute atomic E-state index is 14.8. The van der Waals surface area contributed by atoms with Crippen molar-refractivity contribution in [1.82, 2.24) is 20.4 Å². The van der Waals surface area contributed by atoms with Crippen LogP contribution in [0.15, 0.2) is 36.4 Å². The number of para-hydroxylation sites is 1. The largest absolute Gasteiger partial charge is 0.394 e. The number of fused-ring (bicyclic) bond motifs is 1. The minimum Gasteiger partial charge on any atom is -0.394 e. The molecule has 2 amide bonds. The maximum Gasteiger partial charge on any atom is 0.273 e. The lowest BCUT2D eigenvalue weighted by molar-refractivity contribution is -0.125. The first-order valence-electron chi connectivity index (χ1n) is 11.2. The van der Waals surface area contributed by atoms with Crippen molar-refractivity contribution in [2.45, 2.75) is 39.5 Å². The van der Waals surface area contributed by atoms with Crippen molar-refractivity contribution < 1.29 is 28.6 Å². The van der Waals surface area contributed by atoms with Gasteiger partial charge in [-0.1, -0.05) is 39.0 Å². The third-order valence-corrected chi connectivity index (χ3v) is 5.56. The van der Waals surface area contributed by atoms with Gasteiger partial charge in [0.2, 0.25) is 5.91 Å². The van der Waals surface area contributed by atoms with Gasteiger partial charge in [0.15, 0.2) is 5.69 Å². The number of rotatable bonds is 8. The van der Waals surface area contributed by atoms with Crippen molar-refractivity contribution in [3.8, 4) is 6.07 Å². The van der Waals surface area contributed by atoms with Gasteiger partial charge in [0.05, 0.1) is 30.9 Å². The lowest BCUT2D eigenvalue weighted by Crippen LogP contribution is -2.54. The number of carbonyl (C=O) groups excluding carboxylic acids is 2. The molecule has 3 aromatic rings. The van der Waals surface area contributed by atoms with Gasteiger partial charge in [-0.2, -0.15) is 10.4 Å². The zero-order valence-corrected chi connectivity index (χ0v) is 20.0. The Hall–Kier alpha value is -3.88. The van der Waals surface area contributed by atoms with Gasteiger partial charge in [-0.05, 0) is 23.6 Å². The van der Waals surface area contributed by atoms with Gasteiger partial charge in [-0.3, -0.25) is 14.3 Å². The van der Waals surface area contributed by atoms with E-state index in [1.54, 1.807) is 20.8 Å². The van der Waals surface area contributed by atoms with E-state index in [0.717, 1.165) is 10.7 Å². The average molecular weight is 500 g/mol. The lowest BCUT2D eigenvalue weighted by atomic mass is 9.86. The van der Waals surface area contributed by atoms with Crippen molar-refractivity contribution in [2.75, 3.05) is 13.2 Å². The molecule has 4 N–H and O–H groups in total. The predicted molar refractivity (Wildman–Crippen MR) is 127 cm³/mol. The van der Waals surface area contributed by atoms with Gasteiger partial charge < -0.3 is 20.8 Å². The molecule has 0 bridgehead atoms. The quantitative estimate of drug-likeness (QED) is 0.373. The molecule has 0 fully saturated rings. The number of amides is 2. The van der Waals surface area contributed by atoms with E-state index in [1.165, 1.54) is 30.3 Å². The van der Waals surface area contributed by atoms with Crippen LogP contribution in [0.25, 0.3) is 10.9 Å². The minimum absolute atomic E-state index is 0.0192. The van der Waals surface area contributed by atoms with Crippen LogP contribution in [-0.4, -0.2) is 57.1 Å². The fraction of sp³-hybridized carbons (Fsp3) is 0.360. The van der Waals surface area contributed by atoms with E-state index < -0.39 is 47.6 Å². The fourth-order valence-corrected chi connectivity index (χ4v) is 3.64. The second kappa shape index (κ2) is 10.8. The van der Waals surface area contributed by atoms with E-state index in [1.807, 2.05) is 6.07 Å². The molecule has 0 aliphatic rings. The Bertz CT molecular complexity index is 1330. The molecule has 3 rings (SSSR count). The number of benzene rings is 2. The monoisotopic (exact) mass is 499 g/mol. The molecule has 0 radical (unpaired) electrons. The molecule has 1 heterocycles. The molecular weight excluding hydrogens is 472 g/mol. The highest BCUT2D eigenvalue weighted by molar-refractivity contribution is 6.06. The predicted octanol–water partition coefficient (Wildman–Crippen LogP) is 1.85. The number of halogens is 2. The van der Waals surface area contributed by atoms with Crippen LogP contribution in [0.3, 0.4) is 0 Å². The second-order valence-electron chi connectivity index (χ2n) is 9.41. The molecule has 2 aromatic carbocycles. The first kappa shape index (κ1) is 26.7. The van der Waals surface area contributed by atoms with E-state index in [9.17, 15) is 23.5 Å². The highest BCUT2D eigenvalue weighted by Crippen LogP contribution is 2.25. The Kier molecular flexibility index (Phi) is 8.02. The van der Waals surface area contributed by atoms with Crippen molar-refractivity contribution in [1.29, 1.82) is 5.26 Å². The van der Waals surface area contributed by atoms with Gasteiger partial charge in [0.25, 0.3) is 5.91 Å². The zero-order valence-electron chi connectivity index (χ0n) is 20.0. The number of nitriles is 1. The van der Waals surface area contributed by atoms with E-state index in [-0.39, 0.29) is 40.8 Å². The first-order chi connectivity index (χ1) is 17.0. The number of nitrogens with zero attached hydrogens (tertiary/aromatic N) is 3. The normalized spacial score (nSPS) is 13.2. The molecular formula is C25H27F2N5O4. The van der Waals surface area contributed by atoms with Crippen LogP contribution in [-0.2, 0) is 11.3 Å². The molecule has 0 aliphatic heterocycles. The maximum atomic E-state index is 14.8. The van der Waals surface area contributed by atoms with Crippen LogP contribution in [0.4, 0.5) is 8.78 Å². The first-order valence-corrected chi connectivity index (χ1v) is 11.2. The fourth-order valence-electron chi connectivity index (χ4n) is 3.64. The Balaban J connectivity index is 1.96. The van der Waals surface area contributed by atoms with Gasteiger partial charge in [0.1, 0.15) is 23.2 Å². The van der Waals surface area contributed by atoms with Crippen molar-refractivity contribution in [3.05, 3.63) is 64.9 Å². The summed E-state index contributed by atoms with van der Waals surface area (Å²) in [6.07, 6.45) is -1.16. The standard InChI is InChI=1S/C25H27F2N5O4/c1-25(2,3)22(24(36)29-11-16(34)13-33)30-23(35)20-17-5-4-6-18(26)21(17)32(31-20)12-15-8-7-14(10-28)9-19(15)27/h4-9,16,22,33-34H,11-13H2,1-3H3,(H,29,36)(H,30,35)/t16-,22-/m1/s1. The summed E-state index contributed by atoms with van der Waals surface area (Å²) in [5, 5.41) is 37.0. The molecule has 11 heteroatoms. The number of aromatic nitrogens is 2. The SMILES string of the molecule is CC(C)(C)[C@H](NC(=O)c1nn(Cc2ccc(C#N)cc2F)c2c(F)cccc12)C(=O)NC[C@@H](O)CO. The molecule has 0 unspecified atom stereocenters. The van der Waals surface area contributed by atoms with E-state index in [0.29, 0.717) is 0 Å². The number of nitrogens with one attached hydrogen (secondary N) is 2. The third-order valence-electron chi connectivity index (χ3n) is 5.56. The average Bonchev–Trinajstić information content (AvgIpc) is 3.20. The Morgan fingerprint density at radius 2 is 1.92 bits per heavy atom. The minimum atomic E-state index is -1.16. The Morgan fingerprint density at radius 3 is 2.53 bits per heavy atom. The molecule has 190 valence electrons. The molecule has 1 aromatic heterocycles. The Labute approximate surface area is 206 Å². The summed E-state index contributed by atoms with van der Waals surface area (Å²) in [7, 11) is 0. The highest BCUT2D eigenvalue weighted by atomic mass is 19.1.